The zero-order chi connectivity index (χ0) is 14.7. The van der Waals surface area contributed by atoms with Gasteiger partial charge in [-0.05, 0) is 23.9 Å². The minimum absolute atomic E-state index is 0.00731. The van der Waals surface area contributed by atoms with Crippen LogP contribution in [0.5, 0.6) is 0 Å². The third-order valence-corrected chi connectivity index (χ3v) is 3.09. The normalized spacial score (nSPS) is 16.0. The highest BCUT2D eigenvalue weighted by Crippen LogP contribution is 2.27. The maximum Gasteiger partial charge on any atom is 0.365 e. The minimum atomic E-state index is -0.511. The quantitative estimate of drug-likeness (QED) is 0.367. The summed E-state index contributed by atoms with van der Waals surface area (Å²) >= 11 is 1.13. The predicted octanol–water partition coefficient (Wildman–Crippen LogP) is 2.00. The number of nitrogens with zero attached hydrogens (tertiary/aromatic N) is 3. The maximum atomic E-state index is 11.5. The number of nitro benzene ring substituents is 1. The first kappa shape index (κ1) is 14.1. The van der Waals surface area contributed by atoms with Crippen LogP contribution >= 0.6 is 11.8 Å². The van der Waals surface area contributed by atoms with Gasteiger partial charge in [-0.1, -0.05) is 0 Å². The number of thioether (sulfide) groups is 1. The van der Waals surface area contributed by atoms with E-state index in [1.165, 1.54) is 12.1 Å². The van der Waals surface area contributed by atoms with Gasteiger partial charge < -0.3 is 9.64 Å². The van der Waals surface area contributed by atoms with Crippen molar-refractivity contribution in [3.8, 4) is 0 Å². The van der Waals surface area contributed by atoms with Crippen molar-refractivity contribution < 1.29 is 14.5 Å². The molecule has 0 saturated heterocycles. The Kier molecular flexibility index (Phi) is 4.04. The van der Waals surface area contributed by atoms with Crippen molar-refractivity contribution in [1.82, 2.24) is 4.90 Å². The van der Waals surface area contributed by atoms with Gasteiger partial charge in [-0.15, -0.1) is 0 Å². The fraction of sp³-hybridized carbons (Fsp3) is 0.167. The molecule has 2 rings (SSSR count). The summed E-state index contributed by atoms with van der Waals surface area (Å²) in [5, 5.41) is 10.7. The Bertz CT molecular complexity index is 608. The van der Waals surface area contributed by atoms with Crippen LogP contribution in [0.25, 0.3) is 0 Å². The number of carbonyl (C=O) groups is 1. The van der Waals surface area contributed by atoms with Crippen molar-refractivity contribution in [2.75, 3.05) is 14.1 Å². The summed E-state index contributed by atoms with van der Waals surface area (Å²) in [6.45, 7) is 0. The molecule has 0 atom stereocenters. The van der Waals surface area contributed by atoms with E-state index in [2.05, 4.69) is 4.99 Å². The van der Waals surface area contributed by atoms with Gasteiger partial charge in [-0.2, -0.15) is 4.99 Å². The summed E-state index contributed by atoms with van der Waals surface area (Å²) in [4.78, 5) is 28.0. The first-order chi connectivity index (χ1) is 9.45. The van der Waals surface area contributed by atoms with Gasteiger partial charge in [0.2, 0.25) is 0 Å². The van der Waals surface area contributed by atoms with Gasteiger partial charge in [-0.25, -0.2) is 4.79 Å². The summed E-state index contributed by atoms with van der Waals surface area (Å²) in [6.07, 6.45) is 1.56. The van der Waals surface area contributed by atoms with E-state index in [1.807, 2.05) is 0 Å². The molecule has 1 aromatic rings. The number of esters is 1. The van der Waals surface area contributed by atoms with Crippen molar-refractivity contribution in [3.63, 3.8) is 0 Å². The van der Waals surface area contributed by atoms with Gasteiger partial charge >= 0.3 is 5.97 Å². The van der Waals surface area contributed by atoms with Gasteiger partial charge in [0.05, 0.1) is 4.92 Å². The summed E-state index contributed by atoms with van der Waals surface area (Å²) < 4.78 is 5.00. The number of rotatable bonds is 3. The summed E-state index contributed by atoms with van der Waals surface area (Å²) in [7, 11) is 3.55. The Morgan fingerprint density at radius 2 is 2.00 bits per heavy atom. The molecule has 8 heteroatoms. The summed E-state index contributed by atoms with van der Waals surface area (Å²) in [5.74, 6) is -0.511. The molecule has 1 aromatic carbocycles. The molecule has 0 amide bonds. The van der Waals surface area contributed by atoms with Crippen LogP contribution in [-0.2, 0) is 9.53 Å². The standard InChI is InChI=1S/C12H11N3O4S/c1-14(2)7-10-11(16)19-12(13-10)20-9-5-3-8(4-6-9)15(17)18/h3-7H,1-2H3/b10-7-. The second kappa shape index (κ2) is 5.74. The summed E-state index contributed by atoms with van der Waals surface area (Å²) in [5.41, 5.74) is 0.229. The SMILES string of the molecule is CN(C)/C=C1\N=C(Sc2ccc([N+](=O)[O-])cc2)OC1=O. The molecule has 0 N–H and O–H groups in total. The Hall–Kier alpha value is -2.35. The molecule has 1 aliphatic heterocycles. The number of carbonyl (C=O) groups excluding carboxylic acids is 1. The van der Waals surface area contributed by atoms with Crippen molar-refractivity contribution in [3.05, 3.63) is 46.3 Å². The largest absolute Gasteiger partial charge is 0.396 e. The number of hydrogen-bond donors (Lipinski definition) is 0. The first-order valence-electron chi connectivity index (χ1n) is 5.57. The lowest BCUT2D eigenvalue weighted by Crippen LogP contribution is -2.06. The molecular formula is C12H11N3O4S. The van der Waals surface area contributed by atoms with E-state index in [1.54, 1.807) is 37.3 Å². The number of non-ortho nitro benzene ring substituents is 1. The van der Waals surface area contributed by atoms with E-state index < -0.39 is 10.9 Å². The Labute approximate surface area is 119 Å². The van der Waals surface area contributed by atoms with E-state index in [0.717, 1.165) is 11.8 Å². The second-order valence-electron chi connectivity index (χ2n) is 4.10. The summed E-state index contributed by atoms with van der Waals surface area (Å²) in [6, 6.07) is 5.92. The highest BCUT2D eigenvalue weighted by molar-refractivity contribution is 8.13. The van der Waals surface area contributed by atoms with Crippen LogP contribution in [0, 0.1) is 10.1 Å². The van der Waals surface area contributed by atoms with Crippen molar-refractivity contribution in [2.24, 2.45) is 4.99 Å². The molecular weight excluding hydrogens is 282 g/mol. The molecule has 0 spiro atoms. The molecule has 0 aromatic heterocycles. The van der Waals surface area contributed by atoms with Crippen LogP contribution in [0.2, 0.25) is 0 Å². The number of aliphatic imine (C=N–C) groups is 1. The maximum absolute atomic E-state index is 11.5. The average Bonchev–Trinajstić information content (AvgIpc) is 2.69. The molecule has 0 saturated carbocycles. The number of cyclic esters (lactones) is 1. The smallest absolute Gasteiger partial charge is 0.365 e. The van der Waals surface area contributed by atoms with Gasteiger partial charge in [0.25, 0.3) is 10.9 Å². The third-order valence-electron chi connectivity index (χ3n) is 2.23. The zero-order valence-corrected chi connectivity index (χ0v) is 11.6. The van der Waals surface area contributed by atoms with E-state index in [9.17, 15) is 14.9 Å². The second-order valence-corrected chi connectivity index (χ2v) is 5.12. The third kappa shape index (κ3) is 3.35. The van der Waals surface area contributed by atoms with Gasteiger partial charge in [0.15, 0.2) is 5.70 Å². The monoisotopic (exact) mass is 293 g/mol. The van der Waals surface area contributed by atoms with Crippen molar-refractivity contribution in [2.45, 2.75) is 4.90 Å². The number of hydrogen-bond acceptors (Lipinski definition) is 7. The van der Waals surface area contributed by atoms with Crippen LogP contribution in [0.15, 0.2) is 46.1 Å². The molecule has 0 bridgehead atoms. The first-order valence-corrected chi connectivity index (χ1v) is 6.39. The highest BCUT2D eigenvalue weighted by atomic mass is 32.2. The lowest BCUT2D eigenvalue weighted by Gasteiger charge is -2.02. The Morgan fingerprint density at radius 1 is 1.35 bits per heavy atom. The molecule has 20 heavy (non-hydrogen) atoms. The topological polar surface area (TPSA) is 85.0 Å². The molecule has 104 valence electrons. The van der Waals surface area contributed by atoms with Gasteiger partial charge in [0.1, 0.15) is 0 Å². The lowest BCUT2D eigenvalue weighted by atomic mass is 10.3. The van der Waals surface area contributed by atoms with Crippen LogP contribution < -0.4 is 0 Å². The van der Waals surface area contributed by atoms with E-state index in [4.69, 9.17) is 4.74 Å². The molecule has 0 fully saturated rings. The Morgan fingerprint density at radius 3 is 2.55 bits per heavy atom. The van der Waals surface area contributed by atoms with E-state index in [-0.39, 0.29) is 16.6 Å². The Balaban J connectivity index is 2.11. The average molecular weight is 293 g/mol. The van der Waals surface area contributed by atoms with Crippen LogP contribution in [0.3, 0.4) is 0 Å². The molecule has 0 radical (unpaired) electrons. The zero-order valence-electron chi connectivity index (χ0n) is 10.8. The molecule has 0 aliphatic carbocycles. The van der Waals surface area contributed by atoms with E-state index in [0.29, 0.717) is 4.90 Å². The van der Waals surface area contributed by atoms with E-state index >= 15 is 0 Å². The molecule has 7 nitrogen and oxygen atoms in total. The van der Waals surface area contributed by atoms with Crippen LogP contribution in [0.1, 0.15) is 0 Å². The molecule has 0 unspecified atom stereocenters. The van der Waals surface area contributed by atoms with Crippen LogP contribution in [0.4, 0.5) is 5.69 Å². The van der Waals surface area contributed by atoms with Gasteiger partial charge in [-0.3, -0.25) is 10.1 Å². The lowest BCUT2D eigenvalue weighted by molar-refractivity contribution is -0.384. The molecule has 1 heterocycles. The molecule has 1 aliphatic rings. The number of benzene rings is 1. The highest BCUT2D eigenvalue weighted by Gasteiger charge is 2.24. The number of nitro groups is 1. The van der Waals surface area contributed by atoms with Crippen LogP contribution in [-0.4, -0.2) is 35.1 Å². The predicted molar refractivity (Wildman–Crippen MR) is 74.3 cm³/mol. The minimum Gasteiger partial charge on any atom is -0.396 e. The fourth-order valence-electron chi connectivity index (χ4n) is 1.40. The number of ether oxygens (including phenoxy) is 1. The van der Waals surface area contributed by atoms with Crippen molar-refractivity contribution >= 4 is 28.6 Å². The van der Waals surface area contributed by atoms with Crippen molar-refractivity contribution in [1.29, 1.82) is 0 Å². The van der Waals surface area contributed by atoms with Gasteiger partial charge in [0, 0.05) is 37.3 Å². The fourth-order valence-corrected chi connectivity index (χ4v) is 2.14.